The van der Waals surface area contributed by atoms with Crippen LogP contribution >= 0.6 is 11.8 Å². The first-order valence-corrected chi connectivity index (χ1v) is 10.3. The van der Waals surface area contributed by atoms with Crippen LogP contribution in [0, 0.1) is 13.8 Å². The molecule has 0 saturated carbocycles. The maximum atomic E-state index is 13.3. The van der Waals surface area contributed by atoms with Crippen molar-refractivity contribution in [3.63, 3.8) is 0 Å². The van der Waals surface area contributed by atoms with Gasteiger partial charge in [-0.3, -0.25) is 14.4 Å². The third kappa shape index (κ3) is 4.27. The summed E-state index contributed by atoms with van der Waals surface area (Å²) in [5.74, 6) is -0.785. The Kier molecular flexibility index (Phi) is 5.94. The first kappa shape index (κ1) is 20.9. The molecule has 0 unspecified atom stereocenters. The van der Waals surface area contributed by atoms with Crippen LogP contribution in [0.25, 0.3) is 5.57 Å². The summed E-state index contributed by atoms with van der Waals surface area (Å²) in [7, 11) is 0. The number of benzene rings is 2. The summed E-state index contributed by atoms with van der Waals surface area (Å²) in [4.78, 5) is 39.5. The Morgan fingerprint density at radius 3 is 2.17 bits per heavy atom. The van der Waals surface area contributed by atoms with Gasteiger partial charge in [-0.05, 0) is 54.8 Å². The second-order valence-electron chi connectivity index (χ2n) is 7.34. The summed E-state index contributed by atoms with van der Waals surface area (Å²) in [6.45, 7) is 9.38. The summed E-state index contributed by atoms with van der Waals surface area (Å²) in [6.07, 6.45) is 0. The first-order valence-electron chi connectivity index (χ1n) is 9.44. The molecule has 3 amide bonds. The second kappa shape index (κ2) is 8.25. The monoisotopic (exact) mass is 408 g/mol. The molecule has 5 nitrogen and oxygen atoms in total. The molecule has 0 spiro atoms. The number of aryl methyl sites for hydroxylation is 2. The maximum absolute atomic E-state index is 13.3. The Morgan fingerprint density at radius 2 is 1.62 bits per heavy atom. The number of carbonyl (C=O) groups excluding carboxylic acids is 3. The SMILES string of the molecule is CC(=O)Nc1ccc(C2=C(SC(C)C)C(=O)N(c3ccc(C)c(C)c3)C2=O)cc1. The zero-order valence-corrected chi connectivity index (χ0v) is 18.0. The molecule has 1 N–H and O–H groups in total. The van der Waals surface area contributed by atoms with Gasteiger partial charge in [0.25, 0.3) is 11.8 Å². The molecule has 1 aliphatic heterocycles. The van der Waals surface area contributed by atoms with E-state index in [1.54, 1.807) is 30.3 Å². The minimum atomic E-state index is -0.325. The van der Waals surface area contributed by atoms with Crippen LogP contribution in [0.4, 0.5) is 11.4 Å². The Bertz CT molecular complexity index is 1020. The Labute approximate surface area is 175 Å². The number of anilines is 2. The zero-order valence-electron chi connectivity index (χ0n) is 17.2. The normalized spacial score (nSPS) is 14.2. The van der Waals surface area contributed by atoms with Crippen LogP contribution in [-0.2, 0) is 14.4 Å². The number of imide groups is 1. The molecule has 1 heterocycles. The van der Waals surface area contributed by atoms with Crippen LogP contribution in [0.5, 0.6) is 0 Å². The summed E-state index contributed by atoms with van der Waals surface area (Å²) in [5.41, 5.74) is 4.41. The van der Waals surface area contributed by atoms with Crippen molar-refractivity contribution in [3.8, 4) is 0 Å². The standard InChI is InChI=1S/C23H24N2O3S/c1-13(2)29-21-20(17-7-9-18(10-8-17)24-16(5)26)22(27)25(23(21)28)19-11-6-14(3)15(4)12-19/h6-13H,1-5H3,(H,24,26). The lowest BCUT2D eigenvalue weighted by molar-refractivity contribution is -0.120. The van der Waals surface area contributed by atoms with E-state index in [4.69, 9.17) is 0 Å². The highest BCUT2D eigenvalue weighted by molar-refractivity contribution is 8.04. The number of nitrogens with zero attached hydrogens (tertiary/aromatic N) is 1. The highest BCUT2D eigenvalue weighted by atomic mass is 32.2. The molecule has 150 valence electrons. The number of rotatable bonds is 5. The van der Waals surface area contributed by atoms with Crippen molar-refractivity contribution < 1.29 is 14.4 Å². The molecule has 1 aliphatic rings. The summed E-state index contributed by atoms with van der Waals surface area (Å²) < 4.78 is 0. The van der Waals surface area contributed by atoms with Crippen molar-refractivity contribution >= 4 is 46.4 Å². The fraction of sp³-hybridized carbons (Fsp3) is 0.261. The van der Waals surface area contributed by atoms with Crippen molar-refractivity contribution in [2.45, 2.75) is 39.9 Å². The number of amides is 3. The van der Waals surface area contributed by atoms with Gasteiger partial charge in [-0.15, -0.1) is 11.8 Å². The van der Waals surface area contributed by atoms with Crippen molar-refractivity contribution in [3.05, 3.63) is 64.1 Å². The van der Waals surface area contributed by atoms with E-state index in [1.807, 2.05) is 39.8 Å². The predicted molar refractivity (Wildman–Crippen MR) is 119 cm³/mol. The van der Waals surface area contributed by atoms with Gasteiger partial charge in [-0.25, -0.2) is 4.90 Å². The van der Waals surface area contributed by atoms with Gasteiger partial charge in [0.1, 0.15) is 0 Å². The highest BCUT2D eigenvalue weighted by Crippen LogP contribution is 2.40. The minimum Gasteiger partial charge on any atom is -0.326 e. The summed E-state index contributed by atoms with van der Waals surface area (Å²) >= 11 is 1.40. The molecule has 29 heavy (non-hydrogen) atoms. The minimum absolute atomic E-state index is 0.148. The molecule has 2 aromatic rings. The van der Waals surface area contributed by atoms with Crippen LogP contribution in [0.15, 0.2) is 47.4 Å². The third-order valence-electron chi connectivity index (χ3n) is 4.64. The summed E-state index contributed by atoms with van der Waals surface area (Å²) in [5, 5.41) is 2.86. The van der Waals surface area contributed by atoms with Gasteiger partial charge in [0, 0.05) is 17.9 Å². The van der Waals surface area contributed by atoms with Gasteiger partial charge < -0.3 is 5.32 Å². The van der Waals surface area contributed by atoms with E-state index < -0.39 is 0 Å². The molecule has 2 aromatic carbocycles. The fourth-order valence-electron chi connectivity index (χ4n) is 3.13. The number of carbonyl (C=O) groups is 3. The zero-order chi connectivity index (χ0) is 21.3. The highest BCUT2D eigenvalue weighted by Gasteiger charge is 2.40. The van der Waals surface area contributed by atoms with Gasteiger partial charge >= 0.3 is 0 Å². The maximum Gasteiger partial charge on any atom is 0.272 e. The van der Waals surface area contributed by atoms with Crippen molar-refractivity contribution in [2.75, 3.05) is 10.2 Å². The smallest absolute Gasteiger partial charge is 0.272 e. The molecule has 0 fully saturated rings. The lowest BCUT2D eigenvalue weighted by Crippen LogP contribution is -2.31. The van der Waals surface area contributed by atoms with E-state index in [2.05, 4.69) is 5.32 Å². The van der Waals surface area contributed by atoms with Crippen LogP contribution in [0.3, 0.4) is 0 Å². The number of thioether (sulfide) groups is 1. The molecule has 3 rings (SSSR count). The fourth-order valence-corrected chi connectivity index (χ4v) is 4.12. The first-order chi connectivity index (χ1) is 13.7. The van der Waals surface area contributed by atoms with Gasteiger partial charge in [-0.1, -0.05) is 32.0 Å². The van der Waals surface area contributed by atoms with Crippen molar-refractivity contribution in [2.24, 2.45) is 0 Å². The largest absolute Gasteiger partial charge is 0.326 e. The molecular weight excluding hydrogens is 384 g/mol. The predicted octanol–water partition coefficient (Wildman–Crippen LogP) is 4.69. The quantitative estimate of drug-likeness (QED) is 0.729. The van der Waals surface area contributed by atoms with E-state index in [-0.39, 0.29) is 23.0 Å². The topological polar surface area (TPSA) is 66.5 Å². The van der Waals surface area contributed by atoms with Gasteiger partial charge in [0.05, 0.1) is 16.2 Å². The van der Waals surface area contributed by atoms with E-state index in [0.29, 0.717) is 27.4 Å². The van der Waals surface area contributed by atoms with E-state index in [9.17, 15) is 14.4 Å². The van der Waals surface area contributed by atoms with Gasteiger partial charge in [0.2, 0.25) is 5.91 Å². The van der Waals surface area contributed by atoms with Crippen LogP contribution < -0.4 is 10.2 Å². The molecule has 0 bridgehead atoms. The molecule has 0 aliphatic carbocycles. The van der Waals surface area contributed by atoms with Crippen LogP contribution in [0.1, 0.15) is 37.5 Å². The number of nitrogens with one attached hydrogen (secondary N) is 1. The average molecular weight is 409 g/mol. The Morgan fingerprint density at radius 1 is 0.966 bits per heavy atom. The van der Waals surface area contributed by atoms with E-state index in [0.717, 1.165) is 11.1 Å². The lowest BCUT2D eigenvalue weighted by Gasteiger charge is -2.17. The molecule has 0 atom stereocenters. The molecule has 0 saturated heterocycles. The van der Waals surface area contributed by atoms with Crippen LogP contribution in [0.2, 0.25) is 0 Å². The number of hydrogen-bond acceptors (Lipinski definition) is 4. The van der Waals surface area contributed by atoms with Crippen molar-refractivity contribution in [1.82, 2.24) is 0 Å². The molecule has 0 radical (unpaired) electrons. The lowest BCUT2D eigenvalue weighted by atomic mass is 10.1. The Hall–Kier alpha value is -2.86. The number of hydrogen-bond donors (Lipinski definition) is 1. The van der Waals surface area contributed by atoms with Gasteiger partial charge in [0.15, 0.2) is 0 Å². The molecule has 6 heteroatoms. The van der Waals surface area contributed by atoms with Gasteiger partial charge in [-0.2, -0.15) is 0 Å². The molecular formula is C23H24N2O3S. The average Bonchev–Trinajstić information content (AvgIpc) is 2.87. The third-order valence-corrected chi connectivity index (χ3v) is 5.72. The van der Waals surface area contributed by atoms with Crippen molar-refractivity contribution in [1.29, 1.82) is 0 Å². The second-order valence-corrected chi connectivity index (χ2v) is 8.93. The van der Waals surface area contributed by atoms with E-state index >= 15 is 0 Å². The summed E-state index contributed by atoms with van der Waals surface area (Å²) in [6, 6.07) is 12.6. The molecule has 0 aromatic heterocycles. The Balaban J connectivity index is 2.05. The van der Waals surface area contributed by atoms with E-state index in [1.165, 1.54) is 23.6 Å². The van der Waals surface area contributed by atoms with Crippen LogP contribution in [-0.4, -0.2) is 23.0 Å².